The van der Waals surface area contributed by atoms with Crippen molar-refractivity contribution in [2.45, 2.75) is 26.3 Å². The number of unbranched alkanes of at least 4 members (excludes halogenated alkanes) is 1. The van der Waals surface area contributed by atoms with Crippen molar-refractivity contribution in [2.75, 3.05) is 13.1 Å². The maximum Gasteiger partial charge on any atom is 0.169 e. The molecule has 2 nitrogen and oxygen atoms in total. The topological polar surface area (TPSA) is 15.3 Å². The molecule has 0 aliphatic rings. The Morgan fingerprint density at radius 2 is 2.05 bits per heavy atom. The van der Waals surface area contributed by atoms with Gasteiger partial charge in [-0.05, 0) is 24.2 Å². The summed E-state index contributed by atoms with van der Waals surface area (Å²) in [5, 5.41) is 4.62. The molecule has 0 radical (unpaired) electrons. The average molecular weight is 297 g/mol. The molecule has 0 bridgehead atoms. The van der Waals surface area contributed by atoms with Crippen LogP contribution in [0.2, 0.25) is 0 Å². The fourth-order valence-electron chi connectivity index (χ4n) is 1.69. The largest absolute Gasteiger partial charge is 0.358 e. The second kappa shape index (κ2) is 8.94. The van der Waals surface area contributed by atoms with Gasteiger partial charge in [-0.3, -0.25) is 0 Å². The van der Waals surface area contributed by atoms with Gasteiger partial charge in [0.2, 0.25) is 0 Å². The third-order valence-electron chi connectivity index (χ3n) is 2.72. The molecule has 1 N–H and O–H groups in total. The van der Waals surface area contributed by atoms with Crippen LogP contribution in [0, 0.1) is 0 Å². The van der Waals surface area contributed by atoms with E-state index in [-0.39, 0.29) is 0 Å². The normalized spacial score (nSPS) is 10.0. The van der Waals surface area contributed by atoms with E-state index in [1.54, 1.807) is 0 Å². The Bertz CT molecular complexity index is 406. The van der Waals surface area contributed by atoms with Crippen LogP contribution in [0.25, 0.3) is 0 Å². The van der Waals surface area contributed by atoms with Crippen molar-refractivity contribution in [3.05, 3.63) is 47.5 Å². The zero-order chi connectivity index (χ0) is 14.1. The number of nitrogens with one attached hydrogen (secondary N) is 1. The van der Waals surface area contributed by atoms with E-state index in [1.165, 1.54) is 5.56 Å². The highest BCUT2D eigenvalue weighted by atomic mass is 35.5. The van der Waals surface area contributed by atoms with Gasteiger partial charge < -0.3 is 10.2 Å². The van der Waals surface area contributed by atoms with Gasteiger partial charge in [-0.25, -0.2) is 0 Å². The first kappa shape index (κ1) is 16.0. The van der Waals surface area contributed by atoms with E-state index < -0.39 is 0 Å². The fourth-order valence-corrected chi connectivity index (χ4v) is 2.07. The van der Waals surface area contributed by atoms with Crippen LogP contribution in [0.3, 0.4) is 0 Å². The Labute approximate surface area is 126 Å². The van der Waals surface area contributed by atoms with Crippen LogP contribution >= 0.6 is 23.8 Å². The molecule has 0 aliphatic carbocycles. The summed E-state index contributed by atoms with van der Waals surface area (Å²) in [5.74, 6) is 0. The second-order valence-corrected chi connectivity index (χ2v) is 5.36. The van der Waals surface area contributed by atoms with E-state index >= 15 is 0 Å². The van der Waals surface area contributed by atoms with E-state index in [0.717, 1.165) is 31.0 Å². The average Bonchev–Trinajstić information content (AvgIpc) is 2.41. The van der Waals surface area contributed by atoms with Crippen molar-refractivity contribution >= 4 is 28.9 Å². The van der Waals surface area contributed by atoms with E-state index in [2.05, 4.69) is 35.9 Å². The van der Waals surface area contributed by atoms with Crippen LogP contribution in [-0.2, 0) is 6.54 Å². The lowest BCUT2D eigenvalue weighted by Crippen LogP contribution is -2.40. The van der Waals surface area contributed by atoms with Gasteiger partial charge in [0.05, 0.1) is 6.54 Å². The number of hydrogen-bond acceptors (Lipinski definition) is 1. The number of hydrogen-bond donors (Lipinski definition) is 1. The zero-order valence-electron chi connectivity index (χ0n) is 11.4. The van der Waals surface area contributed by atoms with Crippen molar-refractivity contribution in [1.29, 1.82) is 0 Å². The Morgan fingerprint density at radius 1 is 1.37 bits per heavy atom. The van der Waals surface area contributed by atoms with E-state index in [4.69, 9.17) is 23.8 Å². The molecule has 0 aromatic heterocycles. The summed E-state index contributed by atoms with van der Waals surface area (Å²) in [7, 11) is 0. The molecule has 0 atom stereocenters. The lowest BCUT2D eigenvalue weighted by atomic mass is 10.2. The number of halogens is 1. The number of benzene rings is 1. The van der Waals surface area contributed by atoms with Crippen LogP contribution in [-0.4, -0.2) is 23.1 Å². The molecule has 0 unspecified atom stereocenters. The van der Waals surface area contributed by atoms with Crippen molar-refractivity contribution in [3.63, 3.8) is 0 Å². The molecule has 0 spiro atoms. The van der Waals surface area contributed by atoms with Crippen molar-refractivity contribution in [1.82, 2.24) is 10.2 Å². The molecule has 0 saturated heterocycles. The molecule has 1 aromatic carbocycles. The van der Waals surface area contributed by atoms with Crippen molar-refractivity contribution in [3.8, 4) is 0 Å². The lowest BCUT2D eigenvalue weighted by molar-refractivity contribution is 0.436. The molecule has 0 aliphatic heterocycles. The van der Waals surface area contributed by atoms with Crippen molar-refractivity contribution < 1.29 is 0 Å². The first-order chi connectivity index (χ1) is 9.13. The monoisotopic (exact) mass is 296 g/mol. The number of nitrogens with zero attached hydrogens (tertiary/aromatic N) is 1. The van der Waals surface area contributed by atoms with Gasteiger partial charge >= 0.3 is 0 Å². The first-order valence-corrected chi connectivity index (χ1v) is 7.32. The minimum atomic E-state index is 0.599. The van der Waals surface area contributed by atoms with E-state index in [1.807, 2.05) is 18.2 Å². The van der Waals surface area contributed by atoms with Gasteiger partial charge in [-0.15, -0.1) is 0 Å². The Kier molecular flexibility index (Phi) is 7.53. The maximum absolute atomic E-state index is 5.89. The molecule has 0 fully saturated rings. The minimum Gasteiger partial charge on any atom is -0.358 e. The van der Waals surface area contributed by atoms with Gasteiger partial charge in [-0.1, -0.05) is 61.9 Å². The first-order valence-electron chi connectivity index (χ1n) is 6.53. The third kappa shape index (κ3) is 6.60. The summed E-state index contributed by atoms with van der Waals surface area (Å²) in [4.78, 5) is 2.07. The molecule has 19 heavy (non-hydrogen) atoms. The Morgan fingerprint density at radius 3 is 2.63 bits per heavy atom. The lowest BCUT2D eigenvalue weighted by Gasteiger charge is -2.25. The van der Waals surface area contributed by atoms with Crippen LogP contribution in [0.4, 0.5) is 0 Å². The van der Waals surface area contributed by atoms with E-state index in [0.29, 0.717) is 11.6 Å². The van der Waals surface area contributed by atoms with Gasteiger partial charge in [-0.2, -0.15) is 0 Å². The molecular formula is C15H21ClN2S. The Hall–Kier alpha value is -1.06. The number of thiocarbonyl (C=S) groups is 1. The zero-order valence-corrected chi connectivity index (χ0v) is 12.9. The SMILES string of the molecule is C=C(Cl)CN(CCCC)C(=S)NCc1ccccc1. The summed E-state index contributed by atoms with van der Waals surface area (Å²) in [6.07, 6.45) is 2.23. The van der Waals surface area contributed by atoms with Gasteiger partial charge in [0.1, 0.15) is 0 Å². The molecular weight excluding hydrogens is 276 g/mol. The predicted octanol–water partition coefficient (Wildman–Crippen LogP) is 3.92. The standard InChI is InChI=1S/C15H21ClN2S/c1-3-4-10-18(12-13(2)16)15(19)17-11-14-8-6-5-7-9-14/h5-9H,2-4,10-12H2,1H3,(H,17,19). The van der Waals surface area contributed by atoms with Crippen LogP contribution in [0.1, 0.15) is 25.3 Å². The van der Waals surface area contributed by atoms with Gasteiger partial charge in [0.25, 0.3) is 0 Å². The molecule has 0 saturated carbocycles. The Balaban J connectivity index is 2.48. The summed E-state index contributed by atoms with van der Waals surface area (Å²) >= 11 is 11.3. The smallest absolute Gasteiger partial charge is 0.169 e. The molecule has 104 valence electrons. The highest BCUT2D eigenvalue weighted by Crippen LogP contribution is 2.05. The highest BCUT2D eigenvalue weighted by Gasteiger charge is 2.09. The van der Waals surface area contributed by atoms with Gasteiger partial charge in [0, 0.05) is 18.1 Å². The summed E-state index contributed by atoms with van der Waals surface area (Å²) in [6, 6.07) is 10.2. The van der Waals surface area contributed by atoms with Crippen molar-refractivity contribution in [2.24, 2.45) is 0 Å². The summed E-state index contributed by atoms with van der Waals surface area (Å²) < 4.78 is 0. The van der Waals surface area contributed by atoms with Crippen LogP contribution in [0.5, 0.6) is 0 Å². The van der Waals surface area contributed by atoms with E-state index in [9.17, 15) is 0 Å². The second-order valence-electron chi connectivity index (χ2n) is 4.44. The van der Waals surface area contributed by atoms with Crippen LogP contribution in [0.15, 0.2) is 41.9 Å². The van der Waals surface area contributed by atoms with Gasteiger partial charge in [0.15, 0.2) is 5.11 Å². The molecule has 0 heterocycles. The van der Waals surface area contributed by atoms with Crippen LogP contribution < -0.4 is 5.32 Å². The summed E-state index contributed by atoms with van der Waals surface area (Å²) in [6.45, 7) is 8.14. The molecule has 4 heteroatoms. The molecule has 1 rings (SSSR count). The number of rotatable bonds is 7. The predicted molar refractivity (Wildman–Crippen MR) is 87.4 cm³/mol. The quantitative estimate of drug-likeness (QED) is 0.768. The highest BCUT2D eigenvalue weighted by molar-refractivity contribution is 7.80. The third-order valence-corrected chi connectivity index (χ3v) is 3.24. The molecule has 1 aromatic rings. The summed E-state index contributed by atoms with van der Waals surface area (Å²) in [5.41, 5.74) is 1.21. The fraction of sp³-hybridized carbons (Fsp3) is 0.400. The molecule has 0 amide bonds. The maximum atomic E-state index is 5.89. The minimum absolute atomic E-state index is 0.599.